The fraction of sp³-hybridized carbons (Fsp3) is 0.0714. The molecule has 0 amide bonds. The van der Waals surface area contributed by atoms with Gasteiger partial charge in [0, 0.05) is 5.56 Å². The molecule has 0 bridgehead atoms. The minimum atomic E-state index is -4.86. The van der Waals surface area contributed by atoms with Crippen molar-refractivity contribution in [3.8, 4) is 16.9 Å². The van der Waals surface area contributed by atoms with Gasteiger partial charge in [-0.2, -0.15) is 0 Å². The number of carboxylic acid groups (broad SMARTS) is 1. The lowest BCUT2D eigenvalue weighted by atomic mass is 10.0. The summed E-state index contributed by atoms with van der Waals surface area (Å²) in [5.74, 6) is -2.99. The van der Waals surface area contributed by atoms with Crippen LogP contribution in [-0.2, 0) is 0 Å². The van der Waals surface area contributed by atoms with Gasteiger partial charge in [0.2, 0.25) is 0 Å². The fourth-order valence-corrected chi connectivity index (χ4v) is 1.78. The second-order valence-corrected chi connectivity index (χ2v) is 4.05. The lowest BCUT2D eigenvalue weighted by Crippen LogP contribution is -2.17. The molecule has 0 atom stereocenters. The summed E-state index contributed by atoms with van der Waals surface area (Å²) < 4.78 is 54.2. The summed E-state index contributed by atoms with van der Waals surface area (Å²) in [7, 11) is 0. The number of benzene rings is 2. The smallest absolute Gasteiger partial charge is 0.478 e. The van der Waals surface area contributed by atoms with Gasteiger partial charge in [-0.15, -0.1) is 13.2 Å². The van der Waals surface area contributed by atoms with Crippen molar-refractivity contribution in [3.05, 3.63) is 53.8 Å². The third kappa shape index (κ3) is 3.50. The molecule has 0 radical (unpaired) electrons. The molecule has 0 aliphatic rings. The Morgan fingerprint density at radius 1 is 1.10 bits per heavy atom. The summed E-state index contributed by atoms with van der Waals surface area (Å²) in [6.45, 7) is 0. The molecule has 0 fully saturated rings. The monoisotopic (exact) mass is 300 g/mol. The predicted octanol–water partition coefficient (Wildman–Crippen LogP) is 4.09. The Balaban J connectivity index is 2.46. The van der Waals surface area contributed by atoms with E-state index >= 15 is 0 Å². The zero-order chi connectivity index (χ0) is 15.6. The molecular formula is C14H8F4O3. The van der Waals surface area contributed by atoms with Gasteiger partial charge in [-0.05, 0) is 23.8 Å². The average Bonchev–Trinajstić information content (AvgIpc) is 2.36. The van der Waals surface area contributed by atoms with E-state index in [4.69, 9.17) is 5.11 Å². The molecule has 0 aromatic heterocycles. The van der Waals surface area contributed by atoms with Crippen LogP contribution >= 0.6 is 0 Å². The molecule has 21 heavy (non-hydrogen) atoms. The summed E-state index contributed by atoms with van der Waals surface area (Å²) in [5, 5.41) is 8.83. The van der Waals surface area contributed by atoms with E-state index in [1.54, 1.807) is 0 Å². The second-order valence-electron chi connectivity index (χ2n) is 4.05. The molecule has 2 aromatic rings. The number of carboxylic acids is 1. The summed E-state index contributed by atoms with van der Waals surface area (Å²) in [6.07, 6.45) is -4.86. The molecule has 0 spiro atoms. The maximum atomic E-state index is 14.0. The minimum absolute atomic E-state index is 0.0809. The first-order chi connectivity index (χ1) is 9.78. The lowest BCUT2D eigenvalue weighted by Gasteiger charge is -2.11. The molecule has 1 N–H and O–H groups in total. The molecule has 3 nitrogen and oxygen atoms in total. The number of alkyl halides is 3. The Bertz CT molecular complexity index is 680. The quantitative estimate of drug-likeness (QED) is 0.868. The van der Waals surface area contributed by atoms with Crippen LogP contribution in [0.1, 0.15) is 10.4 Å². The predicted molar refractivity (Wildman–Crippen MR) is 65.5 cm³/mol. The number of ether oxygens (including phenoxy) is 1. The SMILES string of the molecule is O=C(O)c1cccc(-c2cccc(OC(F)(F)F)c2)c1F. The van der Waals surface area contributed by atoms with Crippen molar-refractivity contribution in [2.24, 2.45) is 0 Å². The second kappa shape index (κ2) is 5.43. The highest BCUT2D eigenvalue weighted by atomic mass is 19.4. The molecule has 0 aliphatic carbocycles. The summed E-state index contributed by atoms with van der Waals surface area (Å²) in [4.78, 5) is 10.8. The normalized spacial score (nSPS) is 11.2. The topological polar surface area (TPSA) is 46.5 Å². The van der Waals surface area contributed by atoms with Crippen LogP contribution < -0.4 is 4.74 Å². The molecular weight excluding hydrogens is 292 g/mol. The van der Waals surface area contributed by atoms with Gasteiger partial charge in [0.15, 0.2) is 0 Å². The van der Waals surface area contributed by atoms with Crippen molar-refractivity contribution in [3.63, 3.8) is 0 Å². The van der Waals surface area contributed by atoms with Gasteiger partial charge in [-0.25, -0.2) is 9.18 Å². The standard InChI is InChI=1S/C14H8F4O3/c15-12-10(5-2-6-11(12)13(19)20)8-3-1-4-9(7-8)21-14(16,17)18/h1-7H,(H,19,20). The molecule has 0 saturated carbocycles. The highest BCUT2D eigenvalue weighted by molar-refractivity contribution is 5.90. The third-order valence-corrected chi connectivity index (χ3v) is 2.61. The molecule has 0 unspecified atom stereocenters. The maximum Gasteiger partial charge on any atom is 0.573 e. The van der Waals surface area contributed by atoms with Crippen LogP contribution in [0.4, 0.5) is 17.6 Å². The molecule has 110 valence electrons. The highest BCUT2D eigenvalue weighted by Crippen LogP contribution is 2.30. The first-order valence-electron chi connectivity index (χ1n) is 5.66. The van der Waals surface area contributed by atoms with E-state index in [0.29, 0.717) is 0 Å². The Kier molecular flexibility index (Phi) is 3.84. The summed E-state index contributed by atoms with van der Waals surface area (Å²) in [6, 6.07) is 8.30. The van der Waals surface area contributed by atoms with E-state index in [1.807, 2.05) is 0 Å². The summed E-state index contributed by atoms with van der Waals surface area (Å²) >= 11 is 0. The van der Waals surface area contributed by atoms with Gasteiger partial charge < -0.3 is 9.84 Å². The number of halogens is 4. The van der Waals surface area contributed by atoms with Gasteiger partial charge in [0.05, 0.1) is 5.56 Å². The van der Waals surface area contributed by atoms with Crippen molar-refractivity contribution in [1.82, 2.24) is 0 Å². The van der Waals surface area contributed by atoms with Gasteiger partial charge >= 0.3 is 12.3 Å². The Labute approximate surface area is 116 Å². The lowest BCUT2D eigenvalue weighted by molar-refractivity contribution is -0.274. The minimum Gasteiger partial charge on any atom is -0.478 e. The van der Waals surface area contributed by atoms with Crippen LogP contribution in [0.25, 0.3) is 11.1 Å². The first kappa shape index (κ1) is 14.8. The van der Waals surface area contributed by atoms with Gasteiger partial charge in [0.1, 0.15) is 11.6 Å². The van der Waals surface area contributed by atoms with Crippen molar-refractivity contribution in [2.45, 2.75) is 6.36 Å². The first-order valence-corrected chi connectivity index (χ1v) is 5.66. The van der Waals surface area contributed by atoms with Crippen LogP contribution in [0, 0.1) is 5.82 Å². The Morgan fingerprint density at radius 2 is 1.76 bits per heavy atom. The van der Waals surface area contributed by atoms with Gasteiger partial charge in [0.25, 0.3) is 0 Å². The Morgan fingerprint density at radius 3 is 2.38 bits per heavy atom. The fourth-order valence-electron chi connectivity index (χ4n) is 1.78. The van der Waals surface area contributed by atoms with Crippen LogP contribution in [-0.4, -0.2) is 17.4 Å². The highest BCUT2D eigenvalue weighted by Gasteiger charge is 2.31. The third-order valence-electron chi connectivity index (χ3n) is 2.61. The van der Waals surface area contributed by atoms with E-state index in [0.717, 1.165) is 18.2 Å². The molecule has 2 aromatic carbocycles. The number of hydrogen-bond acceptors (Lipinski definition) is 2. The van der Waals surface area contributed by atoms with E-state index in [9.17, 15) is 22.4 Å². The summed E-state index contributed by atoms with van der Waals surface area (Å²) in [5.41, 5.74) is -0.602. The number of rotatable bonds is 3. The number of hydrogen-bond donors (Lipinski definition) is 1. The van der Waals surface area contributed by atoms with E-state index < -0.39 is 29.5 Å². The molecule has 0 heterocycles. The van der Waals surface area contributed by atoms with E-state index in [1.165, 1.54) is 24.3 Å². The maximum absolute atomic E-state index is 14.0. The van der Waals surface area contributed by atoms with E-state index in [2.05, 4.69) is 4.74 Å². The molecule has 7 heteroatoms. The number of carbonyl (C=O) groups is 1. The van der Waals surface area contributed by atoms with Crippen molar-refractivity contribution in [2.75, 3.05) is 0 Å². The van der Waals surface area contributed by atoms with Gasteiger partial charge in [-0.1, -0.05) is 24.3 Å². The Hall–Kier alpha value is -2.57. The van der Waals surface area contributed by atoms with Crippen LogP contribution in [0.2, 0.25) is 0 Å². The van der Waals surface area contributed by atoms with Crippen LogP contribution in [0.5, 0.6) is 5.75 Å². The largest absolute Gasteiger partial charge is 0.573 e. The molecule has 0 saturated heterocycles. The zero-order valence-electron chi connectivity index (χ0n) is 10.3. The van der Waals surface area contributed by atoms with Crippen molar-refractivity contribution >= 4 is 5.97 Å². The number of aromatic carboxylic acids is 1. The van der Waals surface area contributed by atoms with Crippen molar-refractivity contribution in [1.29, 1.82) is 0 Å². The van der Waals surface area contributed by atoms with Crippen molar-refractivity contribution < 1.29 is 32.2 Å². The average molecular weight is 300 g/mol. The zero-order valence-corrected chi connectivity index (χ0v) is 10.3. The van der Waals surface area contributed by atoms with Gasteiger partial charge in [-0.3, -0.25) is 0 Å². The molecule has 2 rings (SSSR count). The van der Waals surface area contributed by atoms with Crippen LogP contribution in [0.3, 0.4) is 0 Å². The van der Waals surface area contributed by atoms with E-state index in [-0.39, 0.29) is 11.1 Å². The molecule has 0 aliphatic heterocycles. The van der Waals surface area contributed by atoms with Crippen LogP contribution in [0.15, 0.2) is 42.5 Å².